The molecule has 4 nitrogen and oxygen atoms in total. The number of carboxylic acid groups (broad SMARTS) is 1. The highest BCUT2D eigenvalue weighted by molar-refractivity contribution is 5.78. The highest BCUT2D eigenvalue weighted by atomic mass is 16.5. The third-order valence-electron chi connectivity index (χ3n) is 6.69. The Labute approximate surface area is 217 Å². The number of carbonyl (C=O) groups is 2. The fraction of sp³-hybridized carbons (Fsp3) is 0.806. The van der Waals surface area contributed by atoms with Crippen LogP contribution >= 0.6 is 0 Å². The summed E-state index contributed by atoms with van der Waals surface area (Å²) in [5.74, 6) is -2.03. The van der Waals surface area contributed by atoms with E-state index in [1.165, 1.54) is 109 Å². The van der Waals surface area contributed by atoms with Crippen LogP contribution in [0.25, 0.3) is 0 Å². The van der Waals surface area contributed by atoms with Crippen LogP contribution in [0.15, 0.2) is 24.8 Å². The van der Waals surface area contributed by atoms with Crippen molar-refractivity contribution in [2.45, 2.75) is 148 Å². The predicted octanol–water partition coefficient (Wildman–Crippen LogP) is 9.57. The van der Waals surface area contributed by atoms with Gasteiger partial charge in [0.1, 0.15) is 6.61 Å². The molecule has 1 N–H and O–H groups in total. The van der Waals surface area contributed by atoms with Gasteiger partial charge < -0.3 is 9.84 Å². The minimum atomic E-state index is -0.917. The third-order valence-corrected chi connectivity index (χ3v) is 6.69. The molecule has 204 valence electrons. The van der Waals surface area contributed by atoms with Crippen LogP contribution in [0.2, 0.25) is 0 Å². The number of hydrogen-bond acceptors (Lipinski definition) is 3. The van der Waals surface area contributed by atoms with Crippen molar-refractivity contribution < 1.29 is 19.4 Å². The van der Waals surface area contributed by atoms with Crippen molar-refractivity contribution in [3.63, 3.8) is 0 Å². The lowest BCUT2D eigenvalue weighted by atomic mass is 9.98. The highest BCUT2D eigenvalue weighted by Crippen LogP contribution is 2.16. The number of carboxylic acids is 1. The summed E-state index contributed by atoms with van der Waals surface area (Å²) in [7, 11) is 0. The molecule has 0 heterocycles. The van der Waals surface area contributed by atoms with Crippen molar-refractivity contribution in [2.75, 3.05) is 6.61 Å². The second kappa shape index (κ2) is 27.0. The lowest BCUT2D eigenvalue weighted by molar-refractivity contribution is -0.151. The Morgan fingerprint density at radius 2 is 1.14 bits per heavy atom. The molecule has 0 spiro atoms. The zero-order valence-electron chi connectivity index (χ0n) is 23.0. The summed E-state index contributed by atoms with van der Waals surface area (Å²) >= 11 is 0. The molecular weight excluding hydrogens is 436 g/mol. The van der Waals surface area contributed by atoms with Gasteiger partial charge in [0.05, 0.1) is 12.3 Å². The minimum absolute atomic E-state index is 0.0573. The molecule has 0 saturated heterocycles. The van der Waals surface area contributed by atoms with Crippen LogP contribution in [0, 0.1) is 5.92 Å². The average molecular weight is 493 g/mol. The van der Waals surface area contributed by atoms with E-state index in [4.69, 9.17) is 4.74 Å². The topological polar surface area (TPSA) is 63.6 Å². The molecule has 0 aromatic heterocycles. The van der Waals surface area contributed by atoms with Gasteiger partial charge in [0, 0.05) is 0 Å². The van der Waals surface area contributed by atoms with Crippen molar-refractivity contribution in [1.82, 2.24) is 0 Å². The zero-order valence-corrected chi connectivity index (χ0v) is 23.0. The van der Waals surface area contributed by atoms with Gasteiger partial charge in [-0.25, -0.2) is 0 Å². The molecule has 0 bridgehead atoms. The first-order valence-corrected chi connectivity index (χ1v) is 14.8. The largest absolute Gasteiger partial charge is 0.481 e. The van der Waals surface area contributed by atoms with Crippen molar-refractivity contribution in [1.29, 1.82) is 0 Å². The number of esters is 1. The monoisotopic (exact) mass is 492 g/mol. The number of hydrogen-bond donors (Lipinski definition) is 1. The lowest BCUT2D eigenvalue weighted by Crippen LogP contribution is -2.19. The number of ether oxygens (including phenoxy) is 1. The molecule has 0 amide bonds. The van der Waals surface area contributed by atoms with Gasteiger partial charge in [-0.15, -0.1) is 0 Å². The highest BCUT2D eigenvalue weighted by Gasteiger charge is 2.21. The van der Waals surface area contributed by atoms with Crippen LogP contribution in [-0.2, 0) is 14.3 Å². The number of carbonyl (C=O) groups excluding carboxylic acids is 1. The standard InChI is InChI=1S/C31H56O4/c1-3-5-6-7-8-9-10-11-12-13-14-15-16-17-18-19-20-21-22-23-24-25-26-29(31(33)34)28-30(32)35-27-4-2/h4,21-22,29H,2-3,5-20,23-28H2,1H3,(H,33,34)/b22-21+. The fourth-order valence-electron chi connectivity index (χ4n) is 4.42. The van der Waals surface area contributed by atoms with E-state index >= 15 is 0 Å². The smallest absolute Gasteiger partial charge is 0.307 e. The molecular formula is C31H56O4. The van der Waals surface area contributed by atoms with Gasteiger partial charge in [-0.2, -0.15) is 0 Å². The second-order valence-electron chi connectivity index (χ2n) is 10.1. The normalized spacial score (nSPS) is 12.1. The van der Waals surface area contributed by atoms with Gasteiger partial charge in [-0.3, -0.25) is 9.59 Å². The Morgan fingerprint density at radius 3 is 1.57 bits per heavy atom. The number of unbranched alkanes of at least 4 members (excludes halogenated alkanes) is 18. The maximum Gasteiger partial charge on any atom is 0.307 e. The van der Waals surface area contributed by atoms with Gasteiger partial charge in [0.2, 0.25) is 0 Å². The third kappa shape index (κ3) is 25.3. The summed E-state index contributed by atoms with van der Waals surface area (Å²) in [6.07, 6.45) is 32.7. The van der Waals surface area contributed by atoms with E-state index in [2.05, 4.69) is 25.7 Å². The van der Waals surface area contributed by atoms with Gasteiger partial charge in [0.15, 0.2) is 0 Å². The van der Waals surface area contributed by atoms with Crippen molar-refractivity contribution >= 4 is 11.9 Å². The molecule has 1 atom stereocenters. The zero-order chi connectivity index (χ0) is 25.8. The second-order valence-corrected chi connectivity index (χ2v) is 10.1. The first-order valence-electron chi connectivity index (χ1n) is 14.8. The number of aliphatic carboxylic acids is 1. The molecule has 1 unspecified atom stereocenters. The van der Waals surface area contributed by atoms with Crippen LogP contribution in [0.5, 0.6) is 0 Å². The summed E-state index contributed by atoms with van der Waals surface area (Å²) in [6, 6.07) is 0. The van der Waals surface area contributed by atoms with Crippen LogP contribution in [0.3, 0.4) is 0 Å². The van der Waals surface area contributed by atoms with Gasteiger partial charge in [0.25, 0.3) is 0 Å². The van der Waals surface area contributed by atoms with E-state index in [9.17, 15) is 14.7 Å². The quantitative estimate of drug-likeness (QED) is 0.0704. The molecule has 0 aromatic rings. The van der Waals surface area contributed by atoms with Crippen LogP contribution in [0.4, 0.5) is 0 Å². The molecule has 0 radical (unpaired) electrons. The van der Waals surface area contributed by atoms with E-state index in [1.54, 1.807) is 0 Å². The first kappa shape index (κ1) is 33.4. The molecule has 0 fully saturated rings. The van der Waals surface area contributed by atoms with E-state index in [-0.39, 0.29) is 13.0 Å². The van der Waals surface area contributed by atoms with E-state index in [0.717, 1.165) is 25.7 Å². The van der Waals surface area contributed by atoms with E-state index in [1.807, 2.05) is 0 Å². The Balaban J connectivity index is 3.40. The van der Waals surface area contributed by atoms with Crippen LogP contribution in [-0.4, -0.2) is 23.7 Å². The maximum absolute atomic E-state index is 11.6. The fourth-order valence-corrected chi connectivity index (χ4v) is 4.42. The lowest BCUT2D eigenvalue weighted by Gasteiger charge is -2.11. The van der Waals surface area contributed by atoms with Crippen molar-refractivity contribution in [2.24, 2.45) is 5.92 Å². The van der Waals surface area contributed by atoms with Crippen molar-refractivity contribution in [3.8, 4) is 0 Å². The maximum atomic E-state index is 11.6. The summed E-state index contributed by atoms with van der Waals surface area (Å²) < 4.78 is 4.89. The number of rotatable bonds is 27. The molecule has 0 aromatic carbocycles. The minimum Gasteiger partial charge on any atom is -0.481 e. The number of allylic oxidation sites excluding steroid dienone is 2. The van der Waals surface area contributed by atoms with E-state index < -0.39 is 17.9 Å². The molecule has 0 saturated carbocycles. The Kier molecular flexibility index (Phi) is 25.8. The van der Waals surface area contributed by atoms with Gasteiger partial charge >= 0.3 is 11.9 Å². The molecule has 4 heteroatoms. The van der Waals surface area contributed by atoms with Gasteiger partial charge in [-0.1, -0.05) is 134 Å². The summed E-state index contributed by atoms with van der Waals surface area (Å²) in [5, 5.41) is 9.28. The predicted molar refractivity (Wildman–Crippen MR) is 149 cm³/mol. The van der Waals surface area contributed by atoms with Crippen LogP contribution < -0.4 is 0 Å². The molecule has 0 aliphatic rings. The van der Waals surface area contributed by atoms with Crippen LogP contribution in [0.1, 0.15) is 148 Å². The molecule has 35 heavy (non-hydrogen) atoms. The SMILES string of the molecule is C=CCOC(=O)CC(CCCC/C=C/CCCCCCCCCCCCCCCCCC)C(=O)O. The first-order chi connectivity index (χ1) is 17.1. The summed E-state index contributed by atoms with van der Waals surface area (Å²) in [6.45, 7) is 5.90. The Morgan fingerprint density at radius 1 is 0.714 bits per heavy atom. The summed E-state index contributed by atoms with van der Waals surface area (Å²) in [4.78, 5) is 22.9. The van der Waals surface area contributed by atoms with Gasteiger partial charge in [-0.05, 0) is 32.1 Å². The summed E-state index contributed by atoms with van der Waals surface area (Å²) in [5.41, 5.74) is 0. The Bertz CT molecular complexity index is 526. The van der Waals surface area contributed by atoms with E-state index in [0.29, 0.717) is 6.42 Å². The molecule has 0 aliphatic carbocycles. The molecule has 0 aliphatic heterocycles. The molecule has 0 rings (SSSR count). The average Bonchev–Trinajstić information content (AvgIpc) is 2.84. The van der Waals surface area contributed by atoms with Crippen molar-refractivity contribution in [3.05, 3.63) is 24.8 Å². The Hall–Kier alpha value is -1.58.